The second kappa shape index (κ2) is 7.23. The number of allylic oxidation sites excluding steroid dienone is 1. The van der Waals surface area contributed by atoms with E-state index in [-0.39, 0.29) is 5.78 Å². The number of carboxylic acid groups (broad SMARTS) is 1. The van der Waals surface area contributed by atoms with E-state index in [9.17, 15) is 14.7 Å². The molecule has 25 heavy (non-hydrogen) atoms. The number of benzene rings is 1. The van der Waals surface area contributed by atoms with E-state index in [1.54, 1.807) is 12.2 Å². The molecular weight excluding hydrogens is 336 g/mol. The third-order valence-corrected chi connectivity index (χ3v) is 4.82. The standard InChI is InChI=1S/C20H22O4S/c1-12-8-17(25-11-12)16(21)7-6-15-9-13(2)18(14(3)10-15)24-20(4,5)19(22)23/h6-11H,1-5H3,(H,22,23)/b7-6+. The van der Waals surface area contributed by atoms with Gasteiger partial charge in [-0.05, 0) is 86.5 Å². The number of aryl methyl sites for hydroxylation is 3. The third kappa shape index (κ3) is 4.57. The number of hydrogen-bond donors (Lipinski definition) is 1. The Morgan fingerprint density at radius 1 is 1.12 bits per heavy atom. The van der Waals surface area contributed by atoms with Crippen LogP contribution >= 0.6 is 11.3 Å². The number of thiophene rings is 1. The lowest BCUT2D eigenvalue weighted by Crippen LogP contribution is -2.38. The van der Waals surface area contributed by atoms with Gasteiger partial charge in [0, 0.05) is 0 Å². The van der Waals surface area contributed by atoms with E-state index in [2.05, 4.69) is 0 Å². The molecule has 0 fully saturated rings. The first kappa shape index (κ1) is 18.9. The molecule has 0 atom stereocenters. The van der Waals surface area contributed by atoms with Gasteiger partial charge in [-0.2, -0.15) is 0 Å². The summed E-state index contributed by atoms with van der Waals surface area (Å²) in [5.74, 6) is -0.488. The summed E-state index contributed by atoms with van der Waals surface area (Å²) >= 11 is 1.43. The normalized spacial score (nSPS) is 11.7. The number of aliphatic carboxylic acids is 1. The second-order valence-electron chi connectivity index (χ2n) is 6.59. The van der Waals surface area contributed by atoms with Crippen LogP contribution in [0.15, 0.2) is 29.7 Å². The van der Waals surface area contributed by atoms with Gasteiger partial charge in [0.2, 0.25) is 0 Å². The molecule has 0 saturated carbocycles. The lowest BCUT2D eigenvalue weighted by molar-refractivity contribution is -0.152. The minimum Gasteiger partial charge on any atom is -0.478 e. The lowest BCUT2D eigenvalue weighted by atomic mass is 10.0. The van der Waals surface area contributed by atoms with Gasteiger partial charge in [0.25, 0.3) is 0 Å². The first-order chi connectivity index (χ1) is 11.6. The van der Waals surface area contributed by atoms with Crippen LogP contribution in [0.5, 0.6) is 5.75 Å². The van der Waals surface area contributed by atoms with E-state index >= 15 is 0 Å². The molecule has 4 nitrogen and oxygen atoms in total. The highest BCUT2D eigenvalue weighted by atomic mass is 32.1. The van der Waals surface area contributed by atoms with Crippen molar-refractivity contribution < 1.29 is 19.4 Å². The monoisotopic (exact) mass is 358 g/mol. The van der Waals surface area contributed by atoms with Gasteiger partial charge in [0.15, 0.2) is 11.4 Å². The van der Waals surface area contributed by atoms with E-state index in [1.165, 1.54) is 25.2 Å². The molecule has 0 aliphatic rings. The summed E-state index contributed by atoms with van der Waals surface area (Å²) in [6, 6.07) is 5.63. The molecule has 0 bridgehead atoms. The van der Waals surface area contributed by atoms with Crippen molar-refractivity contribution in [2.75, 3.05) is 0 Å². The number of hydrogen-bond acceptors (Lipinski definition) is 4. The average molecular weight is 358 g/mol. The highest BCUT2D eigenvalue weighted by Gasteiger charge is 2.30. The summed E-state index contributed by atoms with van der Waals surface area (Å²) in [5, 5.41) is 11.2. The molecule has 132 valence electrons. The number of carbonyl (C=O) groups excluding carboxylic acids is 1. The Morgan fingerprint density at radius 3 is 2.20 bits per heavy atom. The van der Waals surface area contributed by atoms with Gasteiger partial charge in [-0.1, -0.05) is 6.08 Å². The number of carboxylic acids is 1. The highest BCUT2D eigenvalue weighted by molar-refractivity contribution is 7.12. The summed E-state index contributed by atoms with van der Waals surface area (Å²) in [5.41, 5.74) is 2.30. The summed E-state index contributed by atoms with van der Waals surface area (Å²) in [6.07, 6.45) is 3.32. The maximum atomic E-state index is 12.2. The number of rotatable bonds is 6. The third-order valence-electron chi connectivity index (χ3n) is 3.76. The van der Waals surface area contributed by atoms with Crippen LogP contribution in [0.3, 0.4) is 0 Å². The summed E-state index contributed by atoms with van der Waals surface area (Å²) in [6.45, 7) is 8.72. The van der Waals surface area contributed by atoms with Crippen molar-refractivity contribution in [3.8, 4) is 5.75 Å². The maximum absolute atomic E-state index is 12.2. The van der Waals surface area contributed by atoms with Gasteiger partial charge >= 0.3 is 5.97 Å². The Balaban J connectivity index is 2.23. The van der Waals surface area contributed by atoms with Crippen molar-refractivity contribution in [1.82, 2.24) is 0 Å². The summed E-state index contributed by atoms with van der Waals surface area (Å²) < 4.78 is 5.69. The minimum absolute atomic E-state index is 0.0271. The van der Waals surface area contributed by atoms with E-state index in [1.807, 2.05) is 44.4 Å². The van der Waals surface area contributed by atoms with Crippen LogP contribution in [0.4, 0.5) is 0 Å². The van der Waals surface area contributed by atoms with Gasteiger partial charge in [0.05, 0.1) is 4.88 Å². The van der Waals surface area contributed by atoms with Gasteiger partial charge in [-0.15, -0.1) is 11.3 Å². The summed E-state index contributed by atoms with van der Waals surface area (Å²) in [4.78, 5) is 24.1. The van der Waals surface area contributed by atoms with Crippen LogP contribution in [0.1, 0.15) is 45.8 Å². The zero-order valence-corrected chi connectivity index (χ0v) is 15.9. The van der Waals surface area contributed by atoms with Crippen molar-refractivity contribution in [2.24, 2.45) is 0 Å². The number of ketones is 1. The van der Waals surface area contributed by atoms with Crippen molar-refractivity contribution in [3.05, 3.63) is 56.8 Å². The number of ether oxygens (including phenoxy) is 1. The zero-order valence-electron chi connectivity index (χ0n) is 15.0. The minimum atomic E-state index is -1.31. The molecule has 0 unspecified atom stereocenters. The molecule has 0 amide bonds. The van der Waals surface area contributed by atoms with E-state index in [4.69, 9.17) is 4.74 Å². The van der Waals surface area contributed by atoms with Crippen LogP contribution in [-0.4, -0.2) is 22.5 Å². The maximum Gasteiger partial charge on any atom is 0.347 e. The van der Waals surface area contributed by atoms with Crippen molar-refractivity contribution >= 4 is 29.2 Å². The first-order valence-corrected chi connectivity index (χ1v) is 8.79. The quantitative estimate of drug-likeness (QED) is 0.594. The first-order valence-electron chi connectivity index (χ1n) is 7.91. The Bertz CT molecular complexity index is 820. The predicted octanol–water partition coefficient (Wildman–Crippen LogP) is 4.81. The second-order valence-corrected chi connectivity index (χ2v) is 7.50. The Labute approximate surface area is 151 Å². The van der Waals surface area contributed by atoms with Crippen LogP contribution < -0.4 is 4.74 Å². The molecule has 1 aromatic heterocycles. The fourth-order valence-electron chi connectivity index (χ4n) is 2.35. The van der Waals surface area contributed by atoms with E-state index < -0.39 is 11.6 Å². The molecule has 5 heteroatoms. The van der Waals surface area contributed by atoms with E-state index in [0.717, 1.165) is 22.3 Å². The van der Waals surface area contributed by atoms with E-state index in [0.29, 0.717) is 10.6 Å². The molecule has 2 rings (SSSR count). The lowest BCUT2D eigenvalue weighted by Gasteiger charge is -2.24. The topological polar surface area (TPSA) is 63.6 Å². The number of carbonyl (C=O) groups is 2. The molecule has 0 aliphatic heterocycles. The largest absolute Gasteiger partial charge is 0.478 e. The molecular formula is C20H22O4S. The van der Waals surface area contributed by atoms with Gasteiger partial charge in [-0.3, -0.25) is 4.79 Å². The van der Waals surface area contributed by atoms with Crippen LogP contribution in [0, 0.1) is 20.8 Å². The van der Waals surface area contributed by atoms with Crippen molar-refractivity contribution in [3.63, 3.8) is 0 Å². The smallest absolute Gasteiger partial charge is 0.347 e. The van der Waals surface area contributed by atoms with Gasteiger partial charge in [-0.25, -0.2) is 4.79 Å². The van der Waals surface area contributed by atoms with Crippen LogP contribution in [0.25, 0.3) is 6.08 Å². The molecule has 1 heterocycles. The Morgan fingerprint density at radius 2 is 1.72 bits per heavy atom. The van der Waals surface area contributed by atoms with Crippen LogP contribution in [0.2, 0.25) is 0 Å². The molecule has 0 saturated heterocycles. The molecule has 2 aromatic rings. The summed E-state index contributed by atoms with van der Waals surface area (Å²) in [7, 11) is 0. The predicted molar refractivity (Wildman–Crippen MR) is 101 cm³/mol. The van der Waals surface area contributed by atoms with Gasteiger partial charge in [0.1, 0.15) is 5.75 Å². The van der Waals surface area contributed by atoms with Crippen molar-refractivity contribution in [1.29, 1.82) is 0 Å². The highest BCUT2D eigenvalue weighted by Crippen LogP contribution is 2.29. The molecule has 0 aliphatic carbocycles. The van der Waals surface area contributed by atoms with Crippen LogP contribution in [-0.2, 0) is 4.79 Å². The molecule has 1 N–H and O–H groups in total. The Hall–Kier alpha value is -2.40. The zero-order chi connectivity index (χ0) is 18.8. The fraction of sp³-hybridized carbons (Fsp3) is 0.300. The average Bonchev–Trinajstić information content (AvgIpc) is 2.95. The molecule has 0 radical (unpaired) electrons. The SMILES string of the molecule is Cc1csc(C(=O)/C=C/c2cc(C)c(OC(C)(C)C(=O)O)c(C)c2)c1. The molecule has 0 spiro atoms. The van der Waals surface area contributed by atoms with Crippen molar-refractivity contribution in [2.45, 2.75) is 40.2 Å². The van der Waals surface area contributed by atoms with Gasteiger partial charge < -0.3 is 9.84 Å². The fourth-order valence-corrected chi connectivity index (χ4v) is 3.17. The molecule has 1 aromatic carbocycles. The Kier molecular flexibility index (Phi) is 5.48.